The van der Waals surface area contributed by atoms with E-state index in [9.17, 15) is 9.90 Å². The molecule has 21 heavy (non-hydrogen) atoms. The summed E-state index contributed by atoms with van der Waals surface area (Å²) in [6, 6.07) is 9.76. The van der Waals surface area contributed by atoms with Gasteiger partial charge in [0, 0.05) is 6.54 Å². The Labute approximate surface area is 126 Å². The van der Waals surface area contributed by atoms with Gasteiger partial charge in [-0.05, 0) is 32.8 Å². The Hall–Kier alpha value is -1.59. The maximum Gasteiger partial charge on any atom is 0.407 e. The van der Waals surface area contributed by atoms with Gasteiger partial charge in [-0.15, -0.1) is 0 Å². The number of hydrogen-bond acceptors (Lipinski definition) is 4. The summed E-state index contributed by atoms with van der Waals surface area (Å²) >= 11 is 0. The molecule has 0 fully saturated rings. The predicted molar refractivity (Wildman–Crippen MR) is 81.0 cm³/mol. The second-order valence-corrected chi connectivity index (χ2v) is 5.82. The van der Waals surface area contributed by atoms with E-state index in [2.05, 4.69) is 5.32 Å². The van der Waals surface area contributed by atoms with E-state index in [0.717, 1.165) is 5.56 Å². The summed E-state index contributed by atoms with van der Waals surface area (Å²) in [5.41, 5.74) is 0.542. The molecule has 0 spiro atoms. The highest BCUT2D eigenvalue weighted by Gasteiger charge is 2.16. The summed E-state index contributed by atoms with van der Waals surface area (Å²) in [7, 11) is 0. The van der Waals surface area contributed by atoms with Gasteiger partial charge in [0.05, 0.1) is 19.3 Å². The van der Waals surface area contributed by atoms with Crippen molar-refractivity contribution in [2.24, 2.45) is 0 Å². The molecule has 0 heterocycles. The van der Waals surface area contributed by atoms with Gasteiger partial charge in [-0.25, -0.2) is 4.79 Å². The van der Waals surface area contributed by atoms with E-state index >= 15 is 0 Å². The number of aliphatic hydroxyl groups excluding tert-OH is 1. The lowest BCUT2D eigenvalue weighted by Gasteiger charge is -2.20. The number of benzene rings is 1. The first-order valence-electron chi connectivity index (χ1n) is 7.14. The topological polar surface area (TPSA) is 67.8 Å². The van der Waals surface area contributed by atoms with E-state index in [-0.39, 0.29) is 12.7 Å². The van der Waals surface area contributed by atoms with E-state index in [4.69, 9.17) is 9.47 Å². The maximum atomic E-state index is 11.5. The molecule has 118 valence electrons. The first-order valence-corrected chi connectivity index (χ1v) is 7.14. The number of ether oxygens (including phenoxy) is 2. The first-order chi connectivity index (χ1) is 9.90. The molecule has 1 amide bonds. The zero-order valence-electron chi connectivity index (χ0n) is 13.0. The van der Waals surface area contributed by atoms with Crippen molar-refractivity contribution in [3.8, 4) is 0 Å². The molecule has 0 unspecified atom stereocenters. The Bertz CT molecular complexity index is 414. The Morgan fingerprint density at radius 2 is 1.95 bits per heavy atom. The molecule has 1 atom stereocenters. The van der Waals surface area contributed by atoms with Crippen molar-refractivity contribution in [2.45, 2.75) is 45.5 Å². The number of carbonyl (C=O) groups excluding carboxylic acids is 1. The first kappa shape index (κ1) is 17.5. The van der Waals surface area contributed by atoms with Crippen LogP contribution in [0.5, 0.6) is 0 Å². The van der Waals surface area contributed by atoms with Gasteiger partial charge in [0.2, 0.25) is 0 Å². The number of rotatable bonds is 7. The fraction of sp³-hybridized carbons (Fsp3) is 0.562. The number of hydrogen-bond donors (Lipinski definition) is 2. The largest absolute Gasteiger partial charge is 0.444 e. The van der Waals surface area contributed by atoms with Gasteiger partial charge in [-0.2, -0.15) is 0 Å². The van der Waals surface area contributed by atoms with Gasteiger partial charge in [0.25, 0.3) is 0 Å². The summed E-state index contributed by atoms with van der Waals surface area (Å²) in [6.07, 6.45) is -0.231. The lowest BCUT2D eigenvalue weighted by molar-refractivity contribution is -0.00261. The number of carbonyl (C=O) groups is 1. The van der Waals surface area contributed by atoms with Gasteiger partial charge in [0.1, 0.15) is 5.60 Å². The van der Waals surface area contributed by atoms with Crippen LogP contribution in [0.4, 0.5) is 4.79 Å². The molecule has 0 radical (unpaired) electrons. The Balaban J connectivity index is 2.24. The number of alkyl carbamates (subject to hydrolysis) is 1. The minimum absolute atomic E-state index is 0.0805. The Morgan fingerprint density at radius 1 is 1.29 bits per heavy atom. The normalized spacial score (nSPS) is 12.8. The summed E-state index contributed by atoms with van der Waals surface area (Å²) in [5.74, 6) is 0. The van der Waals surface area contributed by atoms with E-state index < -0.39 is 11.7 Å². The average molecular weight is 295 g/mol. The van der Waals surface area contributed by atoms with Gasteiger partial charge in [0.15, 0.2) is 0 Å². The van der Waals surface area contributed by atoms with Crippen LogP contribution in [0.15, 0.2) is 30.3 Å². The summed E-state index contributed by atoms with van der Waals surface area (Å²) in [4.78, 5) is 11.5. The van der Waals surface area contributed by atoms with Crippen LogP contribution in [0.3, 0.4) is 0 Å². The molecule has 0 aromatic heterocycles. The monoisotopic (exact) mass is 295 g/mol. The molecule has 0 bridgehead atoms. The number of amides is 1. The van der Waals surface area contributed by atoms with Crippen LogP contribution in [0.2, 0.25) is 0 Å². The van der Waals surface area contributed by atoms with Gasteiger partial charge < -0.3 is 19.9 Å². The molecule has 5 heteroatoms. The zero-order chi connectivity index (χ0) is 15.7. The van der Waals surface area contributed by atoms with Gasteiger partial charge in [-0.3, -0.25) is 0 Å². The molecule has 1 aromatic rings. The highest BCUT2D eigenvalue weighted by molar-refractivity contribution is 5.67. The van der Waals surface area contributed by atoms with Gasteiger partial charge in [-0.1, -0.05) is 30.3 Å². The highest BCUT2D eigenvalue weighted by atomic mass is 16.6. The third kappa shape index (κ3) is 8.32. The summed E-state index contributed by atoms with van der Waals surface area (Å²) < 4.78 is 10.7. The highest BCUT2D eigenvalue weighted by Crippen LogP contribution is 2.07. The molecule has 1 rings (SSSR count). The maximum absolute atomic E-state index is 11.5. The second kappa shape index (κ2) is 8.64. The predicted octanol–water partition coefficient (Wildman–Crippen LogP) is 2.48. The van der Waals surface area contributed by atoms with Crippen LogP contribution >= 0.6 is 0 Å². The van der Waals surface area contributed by atoms with E-state index in [0.29, 0.717) is 19.6 Å². The fourth-order valence-corrected chi connectivity index (χ4v) is 1.67. The second-order valence-electron chi connectivity index (χ2n) is 5.82. The fourth-order valence-electron chi connectivity index (χ4n) is 1.67. The van der Waals surface area contributed by atoms with Crippen LogP contribution in [-0.4, -0.2) is 36.1 Å². The van der Waals surface area contributed by atoms with Crippen molar-refractivity contribution in [3.05, 3.63) is 35.9 Å². The van der Waals surface area contributed by atoms with E-state index in [1.54, 1.807) is 0 Å². The van der Waals surface area contributed by atoms with Crippen molar-refractivity contribution < 1.29 is 19.4 Å². The van der Waals surface area contributed by atoms with Gasteiger partial charge >= 0.3 is 6.09 Å². The Kier molecular flexibility index (Phi) is 7.19. The molecule has 0 aliphatic heterocycles. The lowest BCUT2D eigenvalue weighted by atomic mass is 10.2. The molecular formula is C16H25NO4. The van der Waals surface area contributed by atoms with Crippen LogP contribution in [-0.2, 0) is 16.1 Å². The molecule has 0 saturated carbocycles. The van der Waals surface area contributed by atoms with Crippen molar-refractivity contribution in [2.75, 3.05) is 13.2 Å². The quantitative estimate of drug-likeness (QED) is 0.811. The number of nitrogens with one attached hydrogen (secondary N) is 1. The molecule has 2 N–H and O–H groups in total. The minimum Gasteiger partial charge on any atom is -0.444 e. The Morgan fingerprint density at radius 3 is 2.52 bits per heavy atom. The summed E-state index contributed by atoms with van der Waals surface area (Å²) in [6.45, 7) is 6.19. The van der Waals surface area contributed by atoms with Crippen molar-refractivity contribution in [3.63, 3.8) is 0 Å². The third-order valence-electron chi connectivity index (χ3n) is 2.67. The average Bonchev–Trinajstić information content (AvgIpc) is 2.41. The van der Waals surface area contributed by atoms with Crippen molar-refractivity contribution >= 4 is 6.09 Å². The molecule has 1 aromatic carbocycles. The molecule has 0 saturated heterocycles. The smallest absolute Gasteiger partial charge is 0.407 e. The van der Waals surface area contributed by atoms with Crippen molar-refractivity contribution in [1.82, 2.24) is 5.32 Å². The molecule has 0 aliphatic carbocycles. The zero-order valence-corrected chi connectivity index (χ0v) is 13.0. The molecule has 5 nitrogen and oxygen atoms in total. The van der Waals surface area contributed by atoms with Crippen LogP contribution in [0.1, 0.15) is 32.8 Å². The number of aliphatic hydroxyl groups is 1. The third-order valence-corrected chi connectivity index (χ3v) is 2.67. The summed E-state index contributed by atoms with van der Waals surface area (Å²) in [5, 5.41) is 11.9. The van der Waals surface area contributed by atoms with E-state index in [1.807, 2.05) is 51.1 Å². The minimum atomic E-state index is -0.510. The van der Waals surface area contributed by atoms with Crippen LogP contribution in [0, 0.1) is 0 Å². The molecular weight excluding hydrogens is 270 g/mol. The molecule has 0 aliphatic rings. The van der Waals surface area contributed by atoms with E-state index in [1.165, 1.54) is 0 Å². The van der Waals surface area contributed by atoms with Crippen LogP contribution < -0.4 is 5.32 Å². The SMILES string of the molecule is CC(C)(C)OC(=O)NCC[C@@H](CO)OCc1ccccc1. The van der Waals surface area contributed by atoms with Crippen molar-refractivity contribution in [1.29, 1.82) is 0 Å². The van der Waals surface area contributed by atoms with Crippen LogP contribution in [0.25, 0.3) is 0 Å². The standard InChI is InChI=1S/C16H25NO4/c1-16(2,3)21-15(19)17-10-9-14(11-18)20-12-13-7-5-4-6-8-13/h4-8,14,18H,9-12H2,1-3H3,(H,17,19)/t14-/m0/s1. The lowest BCUT2D eigenvalue weighted by Crippen LogP contribution is -2.34.